The minimum Gasteiger partial charge on any atom is -0.481 e. The molecular weight excluding hydrogens is 350 g/mol. The number of carbonyl (C=O) groups excluding carboxylic acids is 1. The zero-order valence-corrected chi connectivity index (χ0v) is 16.7. The largest absolute Gasteiger partial charge is 0.481 e. The summed E-state index contributed by atoms with van der Waals surface area (Å²) < 4.78 is 5.36. The van der Waals surface area contributed by atoms with Crippen molar-refractivity contribution in [2.75, 3.05) is 13.2 Å². The maximum Gasteiger partial charge on any atom is 0.305 e. The maximum absolute atomic E-state index is 12.9. The average Bonchev–Trinajstić information content (AvgIpc) is 2.97. The predicted octanol–water partition coefficient (Wildman–Crippen LogP) is 3.65. The van der Waals surface area contributed by atoms with Crippen LogP contribution in [-0.4, -0.2) is 35.7 Å². The monoisotopic (exact) mass is 379 g/mol. The number of hydrogen-bond acceptors (Lipinski definition) is 4. The molecule has 0 aromatic carbocycles. The number of nitrogens with one attached hydrogen (secondary N) is 1. The maximum atomic E-state index is 12.9. The third-order valence-corrected chi connectivity index (χ3v) is 7.09. The Morgan fingerprint density at radius 2 is 2.04 bits per heavy atom. The molecule has 2 aliphatic rings. The average molecular weight is 380 g/mol. The van der Waals surface area contributed by atoms with Gasteiger partial charge in [0.2, 0.25) is 0 Å². The molecule has 144 valence electrons. The smallest absolute Gasteiger partial charge is 0.305 e. The Kier molecular flexibility index (Phi) is 5.45. The summed E-state index contributed by atoms with van der Waals surface area (Å²) in [5.41, 5.74) is 0.876. The van der Waals surface area contributed by atoms with Crippen LogP contribution in [0.25, 0.3) is 0 Å². The molecule has 1 aliphatic heterocycles. The Balaban J connectivity index is 1.74. The highest BCUT2D eigenvalue weighted by Crippen LogP contribution is 2.40. The molecule has 1 unspecified atom stereocenters. The second-order valence-electron chi connectivity index (χ2n) is 8.78. The Morgan fingerprint density at radius 3 is 2.65 bits per heavy atom. The van der Waals surface area contributed by atoms with Gasteiger partial charge in [0, 0.05) is 18.1 Å². The van der Waals surface area contributed by atoms with E-state index in [0.29, 0.717) is 36.9 Å². The summed E-state index contributed by atoms with van der Waals surface area (Å²) in [6.45, 7) is 7.82. The van der Waals surface area contributed by atoms with Crippen LogP contribution in [0.15, 0.2) is 6.07 Å². The number of ether oxygens (including phenoxy) is 1. The van der Waals surface area contributed by atoms with Gasteiger partial charge >= 0.3 is 5.97 Å². The third-order valence-electron chi connectivity index (χ3n) is 5.85. The van der Waals surface area contributed by atoms with Crippen LogP contribution in [0.5, 0.6) is 0 Å². The quantitative estimate of drug-likeness (QED) is 0.837. The Hall–Kier alpha value is -1.40. The molecule has 2 N–H and O–H groups in total. The summed E-state index contributed by atoms with van der Waals surface area (Å²) in [5.74, 6) is -0.389. The first kappa shape index (κ1) is 19.4. The standard InChI is InChI=1S/C20H29NO4S/c1-19(2,3)14-4-5-15-13(10-14)11-16(26-15)18(24)21-20(12-17(22)23)6-8-25-9-7-20/h11,14H,4-10,12H2,1-3H3,(H,21,24)(H,22,23). The molecule has 6 heteroatoms. The number of aliphatic carboxylic acids is 1. The molecule has 0 spiro atoms. The van der Waals surface area contributed by atoms with Crippen molar-refractivity contribution in [2.45, 2.75) is 64.8 Å². The molecule has 1 aromatic rings. The van der Waals surface area contributed by atoms with Gasteiger partial charge in [0.05, 0.1) is 16.8 Å². The van der Waals surface area contributed by atoms with Gasteiger partial charge in [0.1, 0.15) is 0 Å². The van der Waals surface area contributed by atoms with Crippen LogP contribution in [0.3, 0.4) is 0 Å². The molecule has 0 radical (unpaired) electrons. The van der Waals surface area contributed by atoms with Gasteiger partial charge in [0.15, 0.2) is 0 Å². The molecule has 0 saturated carbocycles. The summed E-state index contributed by atoms with van der Waals surface area (Å²) in [5, 5.41) is 12.3. The fraction of sp³-hybridized carbons (Fsp3) is 0.700. The van der Waals surface area contributed by atoms with Gasteiger partial charge in [-0.1, -0.05) is 20.8 Å². The minimum absolute atomic E-state index is 0.0563. The van der Waals surface area contributed by atoms with E-state index in [2.05, 4.69) is 26.1 Å². The van der Waals surface area contributed by atoms with Crippen LogP contribution in [-0.2, 0) is 22.4 Å². The molecule has 2 heterocycles. The van der Waals surface area contributed by atoms with E-state index in [1.165, 1.54) is 16.9 Å². The molecule has 0 bridgehead atoms. The van der Waals surface area contributed by atoms with Crippen molar-refractivity contribution in [3.05, 3.63) is 21.4 Å². The SMILES string of the molecule is CC(C)(C)C1CCc2sc(C(=O)NC3(CC(=O)O)CCOCC3)cc2C1. The first-order valence-electron chi connectivity index (χ1n) is 9.42. The summed E-state index contributed by atoms with van der Waals surface area (Å²) in [6, 6.07) is 2.03. The number of carbonyl (C=O) groups is 2. The molecule has 1 atom stereocenters. The first-order chi connectivity index (χ1) is 12.2. The van der Waals surface area contributed by atoms with Crippen LogP contribution < -0.4 is 5.32 Å². The fourth-order valence-corrected chi connectivity index (χ4v) is 5.18. The number of fused-ring (bicyclic) bond motifs is 1. The number of aryl methyl sites for hydroxylation is 1. The Morgan fingerprint density at radius 1 is 1.35 bits per heavy atom. The lowest BCUT2D eigenvalue weighted by Crippen LogP contribution is -2.53. The van der Waals surface area contributed by atoms with E-state index in [4.69, 9.17) is 4.74 Å². The lowest BCUT2D eigenvalue weighted by molar-refractivity contribution is -0.139. The molecule has 1 fully saturated rings. The molecule has 1 aromatic heterocycles. The van der Waals surface area contributed by atoms with Gasteiger partial charge in [-0.2, -0.15) is 0 Å². The normalized spacial score (nSPS) is 22.5. The summed E-state index contributed by atoms with van der Waals surface area (Å²) in [7, 11) is 0. The summed E-state index contributed by atoms with van der Waals surface area (Å²) in [4.78, 5) is 26.2. The van der Waals surface area contributed by atoms with Crippen molar-refractivity contribution in [3.8, 4) is 0 Å². The number of rotatable bonds is 4. The van der Waals surface area contributed by atoms with E-state index in [1.807, 2.05) is 6.07 Å². The number of thiophene rings is 1. The van der Waals surface area contributed by atoms with E-state index >= 15 is 0 Å². The van der Waals surface area contributed by atoms with Crippen molar-refractivity contribution in [1.29, 1.82) is 0 Å². The predicted molar refractivity (Wildman–Crippen MR) is 102 cm³/mol. The van der Waals surface area contributed by atoms with Crippen molar-refractivity contribution in [3.63, 3.8) is 0 Å². The molecule has 1 amide bonds. The van der Waals surface area contributed by atoms with Gasteiger partial charge in [-0.05, 0) is 55.1 Å². The van der Waals surface area contributed by atoms with Crippen LogP contribution in [0.4, 0.5) is 0 Å². The third kappa shape index (κ3) is 4.29. The Bertz CT molecular complexity index is 682. The van der Waals surface area contributed by atoms with Crippen molar-refractivity contribution in [2.24, 2.45) is 11.3 Å². The van der Waals surface area contributed by atoms with Gasteiger partial charge in [-0.15, -0.1) is 11.3 Å². The highest BCUT2D eigenvalue weighted by molar-refractivity contribution is 7.14. The van der Waals surface area contributed by atoms with Crippen molar-refractivity contribution in [1.82, 2.24) is 5.32 Å². The van der Waals surface area contributed by atoms with Crippen molar-refractivity contribution >= 4 is 23.2 Å². The molecule has 5 nitrogen and oxygen atoms in total. The second kappa shape index (κ2) is 7.31. The highest BCUT2D eigenvalue weighted by Gasteiger charge is 2.37. The summed E-state index contributed by atoms with van der Waals surface area (Å²) in [6.07, 6.45) is 4.25. The van der Waals surface area contributed by atoms with Gasteiger partial charge in [-0.25, -0.2) is 0 Å². The summed E-state index contributed by atoms with van der Waals surface area (Å²) >= 11 is 1.57. The molecule has 3 rings (SSSR count). The lowest BCUT2D eigenvalue weighted by Gasteiger charge is -2.36. The number of hydrogen-bond donors (Lipinski definition) is 2. The van der Waals surface area contributed by atoms with Crippen LogP contribution in [0.1, 0.15) is 66.6 Å². The molecule has 1 aliphatic carbocycles. The van der Waals surface area contributed by atoms with E-state index in [0.717, 1.165) is 12.8 Å². The van der Waals surface area contributed by atoms with Crippen LogP contribution in [0, 0.1) is 11.3 Å². The fourth-order valence-electron chi connectivity index (χ4n) is 4.07. The zero-order chi connectivity index (χ0) is 18.9. The lowest BCUT2D eigenvalue weighted by atomic mass is 9.72. The first-order valence-corrected chi connectivity index (χ1v) is 10.2. The van der Waals surface area contributed by atoms with Crippen LogP contribution >= 0.6 is 11.3 Å². The van der Waals surface area contributed by atoms with Gasteiger partial charge < -0.3 is 15.2 Å². The number of carboxylic acid groups (broad SMARTS) is 1. The number of amides is 1. The Labute approximate surface area is 159 Å². The van der Waals surface area contributed by atoms with E-state index < -0.39 is 11.5 Å². The van der Waals surface area contributed by atoms with E-state index in [-0.39, 0.29) is 17.7 Å². The van der Waals surface area contributed by atoms with E-state index in [9.17, 15) is 14.7 Å². The second-order valence-corrected chi connectivity index (χ2v) is 9.92. The minimum atomic E-state index is -0.884. The van der Waals surface area contributed by atoms with Crippen molar-refractivity contribution < 1.29 is 19.4 Å². The topological polar surface area (TPSA) is 75.6 Å². The zero-order valence-electron chi connectivity index (χ0n) is 15.9. The molecule has 26 heavy (non-hydrogen) atoms. The molecular formula is C20H29NO4S. The molecule has 1 saturated heterocycles. The van der Waals surface area contributed by atoms with Crippen LogP contribution in [0.2, 0.25) is 0 Å². The van der Waals surface area contributed by atoms with E-state index in [1.54, 1.807) is 11.3 Å². The highest BCUT2D eigenvalue weighted by atomic mass is 32.1. The van der Waals surface area contributed by atoms with Gasteiger partial charge in [0.25, 0.3) is 5.91 Å². The van der Waals surface area contributed by atoms with Gasteiger partial charge in [-0.3, -0.25) is 9.59 Å². The number of carboxylic acids is 1.